The quantitative estimate of drug-likeness (QED) is 0.320. The molecular weight excluding hydrogens is 418 g/mol. The smallest absolute Gasteiger partial charge is 0.358 e. The third-order valence-corrected chi connectivity index (χ3v) is 4.99. The van der Waals surface area contributed by atoms with Crippen molar-refractivity contribution in [1.82, 2.24) is 18.9 Å². The molecule has 4 rings (SSSR count). The number of hydrogen-bond donors (Lipinski definition) is 0. The first-order valence-electron chi connectivity index (χ1n) is 9.54. The highest BCUT2D eigenvalue weighted by atomic mass is 16.6. The SMILES string of the molecule is COc1ccc(Cn2c(=O)c([N+](=O)[O-])c(-c3cnn(C)c3)n(Cc3ccoc3)c2=O)cc1. The van der Waals surface area contributed by atoms with Gasteiger partial charge in [-0.05, 0) is 23.8 Å². The van der Waals surface area contributed by atoms with Gasteiger partial charge in [-0.25, -0.2) is 9.36 Å². The van der Waals surface area contributed by atoms with Crippen LogP contribution in [0.2, 0.25) is 0 Å². The second-order valence-corrected chi connectivity index (χ2v) is 7.10. The van der Waals surface area contributed by atoms with Crippen molar-refractivity contribution < 1.29 is 14.1 Å². The van der Waals surface area contributed by atoms with Crippen molar-refractivity contribution in [2.24, 2.45) is 7.05 Å². The summed E-state index contributed by atoms with van der Waals surface area (Å²) >= 11 is 0. The zero-order valence-corrected chi connectivity index (χ0v) is 17.3. The maximum atomic E-state index is 13.4. The van der Waals surface area contributed by atoms with Gasteiger partial charge in [0.1, 0.15) is 11.4 Å². The fourth-order valence-electron chi connectivity index (χ4n) is 3.45. The molecule has 0 aliphatic rings. The number of nitrogens with zero attached hydrogens (tertiary/aromatic N) is 5. The lowest BCUT2D eigenvalue weighted by atomic mass is 10.1. The van der Waals surface area contributed by atoms with Crippen LogP contribution < -0.4 is 16.0 Å². The van der Waals surface area contributed by atoms with Crippen molar-refractivity contribution in [3.63, 3.8) is 0 Å². The highest BCUT2D eigenvalue weighted by molar-refractivity contribution is 5.68. The summed E-state index contributed by atoms with van der Waals surface area (Å²) in [4.78, 5) is 37.8. The van der Waals surface area contributed by atoms with Crippen LogP contribution in [0.5, 0.6) is 5.75 Å². The lowest BCUT2D eigenvalue weighted by Crippen LogP contribution is -2.42. The monoisotopic (exact) mass is 437 g/mol. The number of furan rings is 1. The summed E-state index contributed by atoms with van der Waals surface area (Å²) in [6.45, 7) is -0.162. The summed E-state index contributed by atoms with van der Waals surface area (Å²) in [6.07, 6.45) is 5.76. The second kappa shape index (κ2) is 8.38. The summed E-state index contributed by atoms with van der Waals surface area (Å²) < 4.78 is 13.7. The molecule has 1 aromatic carbocycles. The van der Waals surface area contributed by atoms with Gasteiger partial charge in [0.25, 0.3) is 0 Å². The number of aryl methyl sites for hydroxylation is 1. The van der Waals surface area contributed by atoms with Gasteiger partial charge >= 0.3 is 16.9 Å². The minimum Gasteiger partial charge on any atom is -0.497 e. The highest BCUT2D eigenvalue weighted by Gasteiger charge is 2.30. The largest absolute Gasteiger partial charge is 0.497 e. The van der Waals surface area contributed by atoms with E-state index < -0.39 is 21.9 Å². The van der Waals surface area contributed by atoms with E-state index in [1.54, 1.807) is 37.4 Å². The van der Waals surface area contributed by atoms with Gasteiger partial charge in [-0.3, -0.25) is 24.2 Å². The summed E-state index contributed by atoms with van der Waals surface area (Å²) in [5, 5.41) is 16.0. The molecule has 0 bridgehead atoms. The Morgan fingerprint density at radius 2 is 1.81 bits per heavy atom. The van der Waals surface area contributed by atoms with Gasteiger partial charge in [0.2, 0.25) is 0 Å². The first kappa shape index (κ1) is 20.8. The number of nitro groups is 1. The van der Waals surface area contributed by atoms with E-state index in [9.17, 15) is 19.7 Å². The fourth-order valence-corrected chi connectivity index (χ4v) is 3.45. The molecule has 0 spiro atoms. The second-order valence-electron chi connectivity index (χ2n) is 7.10. The van der Waals surface area contributed by atoms with Crippen molar-refractivity contribution >= 4 is 5.69 Å². The maximum Gasteiger partial charge on any atom is 0.358 e. The molecular formula is C21H19N5O6. The van der Waals surface area contributed by atoms with Gasteiger partial charge in [0.05, 0.1) is 43.8 Å². The summed E-state index contributed by atoms with van der Waals surface area (Å²) in [5.74, 6) is 0.608. The van der Waals surface area contributed by atoms with Gasteiger partial charge in [0.15, 0.2) is 0 Å². The first-order chi connectivity index (χ1) is 15.4. The number of rotatable bonds is 7. The summed E-state index contributed by atoms with van der Waals surface area (Å²) in [6, 6.07) is 8.38. The lowest BCUT2D eigenvalue weighted by molar-refractivity contribution is -0.386. The Labute approximate surface area is 180 Å². The molecule has 0 aliphatic heterocycles. The normalized spacial score (nSPS) is 10.9. The average molecular weight is 437 g/mol. The molecule has 11 nitrogen and oxygen atoms in total. The molecule has 0 radical (unpaired) electrons. The summed E-state index contributed by atoms with van der Waals surface area (Å²) in [5.41, 5.74) is -0.965. The zero-order chi connectivity index (χ0) is 22.8. The first-order valence-corrected chi connectivity index (χ1v) is 9.54. The van der Waals surface area contributed by atoms with E-state index >= 15 is 0 Å². The Balaban J connectivity index is 1.96. The Bertz CT molecular complexity index is 1380. The maximum absolute atomic E-state index is 13.4. The molecule has 0 atom stereocenters. The lowest BCUT2D eigenvalue weighted by Gasteiger charge is -2.15. The van der Waals surface area contributed by atoms with Gasteiger partial charge in [0, 0.05) is 24.4 Å². The van der Waals surface area contributed by atoms with Crippen LogP contribution in [0, 0.1) is 10.1 Å². The average Bonchev–Trinajstić information content (AvgIpc) is 3.44. The van der Waals surface area contributed by atoms with E-state index in [0.717, 1.165) is 4.57 Å². The molecule has 32 heavy (non-hydrogen) atoms. The van der Waals surface area contributed by atoms with Crippen molar-refractivity contribution in [1.29, 1.82) is 0 Å². The number of hydrogen-bond acceptors (Lipinski definition) is 7. The third-order valence-electron chi connectivity index (χ3n) is 4.99. The minimum absolute atomic E-state index is 0.0245. The van der Waals surface area contributed by atoms with E-state index in [1.807, 2.05) is 0 Å². The number of aromatic nitrogens is 4. The molecule has 3 aromatic heterocycles. The predicted octanol–water partition coefficient (Wildman–Crippen LogP) is 2.02. The van der Waals surface area contributed by atoms with Gasteiger partial charge in [-0.1, -0.05) is 12.1 Å². The highest BCUT2D eigenvalue weighted by Crippen LogP contribution is 2.26. The molecule has 0 saturated heterocycles. The molecule has 0 saturated carbocycles. The van der Waals surface area contributed by atoms with Gasteiger partial charge in [-0.2, -0.15) is 5.10 Å². The molecule has 164 valence electrons. The Kier molecular flexibility index (Phi) is 5.46. The number of ether oxygens (including phenoxy) is 1. The molecule has 0 N–H and O–H groups in total. The van der Waals surface area contributed by atoms with E-state index in [2.05, 4.69) is 5.10 Å². The van der Waals surface area contributed by atoms with Crippen LogP contribution >= 0.6 is 0 Å². The Morgan fingerprint density at radius 3 is 2.38 bits per heavy atom. The van der Waals surface area contributed by atoms with Crippen molar-refractivity contribution in [3.8, 4) is 17.0 Å². The zero-order valence-electron chi connectivity index (χ0n) is 17.3. The molecule has 0 fully saturated rings. The fraction of sp³-hybridized carbons (Fsp3) is 0.190. The molecule has 4 aromatic rings. The van der Waals surface area contributed by atoms with E-state index in [1.165, 1.54) is 41.3 Å². The van der Waals surface area contributed by atoms with E-state index in [0.29, 0.717) is 16.9 Å². The van der Waals surface area contributed by atoms with Crippen LogP contribution in [0.15, 0.2) is 69.3 Å². The van der Waals surface area contributed by atoms with Crippen LogP contribution in [-0.4, -0.2) is 30.9 Å². The standard InChI is InChI=1S/C21H19N5O6/c1-23-12-16(9-22-23)18-19(26(29)30)20(27)25(10-14-3-5-17(31-2)6-4-14)21(28)24(18)11-15-7-8-32-13-15/h3-9,12-13H,10-11H2,1-2H3. The van der Waals surface area contributed by atoms with Crippen molar-refractivity contribution in [2.75, 3.05) is 7.11 Å². The van der Waals surface area contributed by atoms with E-state index in [-0.39, 0.29) is 24.3 Å². The topological polar surface area (TPSA) is 127 Å². The van der Waals surface area contributed by atoms with Gasteiger partial charge in [-0.15, -0.1) is 0 Å². The Morgan fingerprint density at radius 1 is 1.09 bits per heavy atom. The van der Waals surface area contributed by atoms with Gasteiger partial charge < -0.3 is 9.15 Å². The van der Waals surface area contributed by atoms with Crippen LogP contribution in [0.3, 0.4) is 0 Å². The third kappa shape index (κ3) is 3.83. The number of benzene rings is 1. The Hall–Kier alpha value is -4.41. The van der Waals surface area contributed by atoms with E-state index in [4.69, 9.17) is 9.15 Å². The molecule has 11 heteroatoms. The molecule has 0 amide bonds. The molecule has 3 heterocycles. The van der Waals surface area contributed by atoms with Crippen LogP contribution in [-0.2, 0) is 20.1 Å². The van der Waals surface area contributed by atoms with Crippen LogP contribution in [0.1, 0.15) is 11.1 Å². The number of methoxy groups -OCH3 is 1. The van der Waals surface area contributed by atoms with Crippen molar-refractivity contribution in [3.05, 3.63) is 97.3 Å². The van der Waals surface area contributed by atoms with Crippen LogP contribution in [0.25, 0.3) is 11.3 Å². The predicted molar refractivity (Wildman–Crippen MR) is 114 cm³/mol. The summed E-state index contributed by atoms with van der Waals surface area (Å²) in [7, 11) is 3.16. The van der Waals surface area contributed by atoms with Crippen LogP contribution in [0.4, 0.5) is 5.69 Å². The minimum atomic E-state index is -0.988. The molecule has 0 unspecified atom stereocenters. The van der Waals surface area contributed by atoms with Crippen molar-refractivity contribution in [2.45, 2.75) is 13.1 Å². The molecule has 0 aliphatic carbocycles.